The first kappa shape index (κ1) is 13.7. The van der Waals surface area contributed by atoms with Crippen LogP contribution in [0.25, 0.3) is 0 Å². The molecule has 15 heavy (non-hydrogen) atoms. The van der Waals surface area contributed by atoms with Gasteiger partial charge in [-0.2, -0.15) is 0 Å². The summed E-state index contributed by atoms with van der Waals surface area (Å²) in [6.07, 6.45) is 3.03. The maximum Gasteiger partial charge on any atom is 0.208 e. The van der Waals surface area contributed by atoms with Crippen molar-refractivity contribution in [2.45, 2.75) is 36.3 Å². The third kappa shape index (κ3) is 4.97. The fourth-order valence-electron chi connectivity index (χ4n) is 1.83. The third-order valence-corrected chi connectivity index (χ3v) is 4.07. The molecule has 0 spiro atoms. The Bertz CT molecular complexity index is 303. The zero-order chi connectivity index (χ0) is 11.7. The van der Waals surface area contributed by atoms with Crippen LogP contribution in [-0.4, -0.2) is 42.3 Å². The summed E-state index contributed by atoms with van der Waals surface area (Å²) in [7, 11) is -3.05. The second-order valence-corrected chi connectivity index (χ2v) is 8.98. The molecule has 0 aliphatic carbocycles. The topological polar surface area (TPSA) is 49.4 Å². The zero-order valence-corrected chi connectivity index (χ0v) is 12.4. The summed E-state index contributed by atoms with van der Waals surface area (Å²) < 4.78 is 24.9. The van der Waals surface area contributed by atoms with Crippen molar-refractivity contribution in [3.8, 4) is 0 Å². The van der Waals surface area contributed by atoms with E-state index in [9.17, 15) is 8.42 Å². The lowest BCUT2D eigenvalue weighted by Gasteiger charge is -2.39. The minimum atomic E-state index is -3.05. The molecule has 1 fully saturated rings. The fraction of sp³-hybridized carbons (Fsp3) is 1.00. The van der Waals surface area contributed by atoms with Gasteiger partial charge in [-0.25, -0.2) is 13.1 Å². The monoisotopic (exact) mass is 346 g/mol. The lowest BCUT2D eigenvalue weighted by Crippen LogP contribution is -2.49. The molecule has 0 amide bonds. The van der Waals surface area contributed by atoms with Gasteiger partial charge in [0.15, 0.2) is 0 Å². The van der Waals surface area contributed by atoms with Gasteiger partial charge >= 0.3 is 0 Å². The molecule has 1 heterocycles. The van der Waals surface area contributed by atoms with Gasteiger partial charge in [0, 0.05) is 19.1 Å². The Hall–Kier alpha value is 0.600. The molecule has 0 aromatic heterocycles. The average molecular weight is 346 g/mol. The summed E-state index contributed by atoms with van der Waals surface area (Å²) in [6, 6.07) is 0.120. The van der Waals surface area contributed by atoms with Crippen molar-refractivity contribution in [3.63, 3.8) is 0 Å². The number of halogens is 1. The molecule has 0 atom stereocenters. The van der Waals surface area contributed by atoms with Gasteiger partial charge in [0.1, 0.15) is 0 Å². The molecule has 90 valence electrons. The van der Waals surface area contributed by atoms with Crippen LogP contribution in [0.3, 0.4) is 0 Å². The van der Waals surface area contributed by atoms with Crippen LogP contribution >= 0.6 is 22.6 Å². The van der Waals surface area contributed by atoms with Crippen LogP contribution in [-0.2, 0) is 10.0 Å². The molecular weight excluding hydrogens is 327 g/mol. The molecular formula is C9H19IN2O2S. The van der Waals surface area contributed by atoms with Crippen LogP contribution in [0.15, 0.2) is 0 Å². The van der Waals surface area contributed by atoms with Crippen molar-refractivity contribution < 1.29 is 8.42 Å². The van der Waals surface area contributed by atoms with Gasteiger partial charge in [-0.1, -0.05) is 22.6 Å². The molecule has 4 nitrogen and oxygen atoms in total. The molecule has 1 rings (SSSR count). The van der Waals surface area contributed by atoms with Crippen molar-refractivity contribution in [2.75, 3.05) is 19.3 Å². The lowest BCUT2D eigenvalue weighted by molar-refractivity contribution is 0.158. The number of alkyl halides is 1. The number of nitrogens with one attached hydrogen (secondary N) is 1. The highest BCUT2D eigenvalue weighted by Crippen LogP contribution is 2.26. The van der Waals surface area contributed by atoms with Crippen molar-refractivity contribution in [3.05, 3.63) is 0 Å². The van der Waals surface area contributed by atoms with Gasteiger partial charge in [0.05, 0.1) is 9.80 Å². The highest BCUT2D eigenvalue weighted by atomic mass is 127. The maximum atomic E-state index is 11.1. The van der Waals surface area contributed by atoms with Crippen molar-refractivity contribution in [1.29, 1.82) is 0 Å². The highest BCUT2D eigenvalue weighted by molar-refractivity contribution is 14.1. The number of nitrogens with zero attached hydrogens (tertiary/aromatic N) is 1. The molecule has 1 aliphatic heterocycles. The van der Waals surface area contributed by atoms with E-state index in [0.29, 0.717) is 0 Å². The average Bonchev–Trinajstić information content (AvgIpc) is 2.00. The van der Waals surface area contributed by atoms with E-state index >= 15 is 0 Å². The van der Waals surface area contributed by atoms with Gasteiger partial charge in [0.25, 0.3) is 0 Å². The Balaban J connectivity index is 2.43. The Morgan fingerprint density at radius 1 is 1.33 bits per heavy atom. The van der Waals surface area contributed by atoms with Crippen molar-refractivity contribution >= 4 is 32.6 Å². The van der Waals surface area contributed by atoms with Crippen LogP contribution in [0.5, 0.6) is 0 Å². The van der Waals surface area contributed by atoms with E-state index in [1.165, 1.54) is 6.26 Å². The van der Waals surface area contributed by atoms with E-state index in [2.05, 4.69) is 46.1 Å². The molecule has 0 unspecified atom stereocenters. The zero-order valence-electron chi connectivity index (χ0n) is 9.46. The second-order valence-electron chi connectivity index (χ2n) is 4.56. The van der Waals surface area contributed by atoms with E-state index in [-0.39, 0.29) is 9.59 Å². The first-order chi connectivity index (χ1) is 6.68. The Morgan fingerprint density at radius 3 is 2.13 bits per heavy atom. The molecule has 0 saturated carbocycles. The van der Waals surface area contributed by atoms with E-state index in [0.717, 1.165) is 25.9 Å². The number of piperidine rings is 1. The predicted octanol–water partition coefficient (Wildman–Crippen LogP) is 1.17. The number of hydrogen-bond donors (Lipinski definition) is 1. The summed E-state index contributed by atoms with van der Waals surface area (Å²) in [5.74, 6) is 0. The summed E-state index contributed by atoms with van der Waals surface area (Å²) in [4.78, 5) is 2.38. The van der Waals surface area contributed by atoms with Crippen molar-refractivity contribution in [1.82, 2.24) is 9.62 Å². The molecule has 0 bridgehead atoms. The minimum Gasteiger partial charge on any atom is -0.289 e. The summed E-state index contributed by atoms with van der Waals surface area (Å²) in [6.45, 7) is 6.28. The van der Waals surface area contributed by atoms with Gasteiger partial charge in [-0.3, -0.25) is 4.90 Å². The Labute approximate surface area is 106 Å². The Kier molecular flexibility index (Phi) is 4.42. The van der Waals surface area contributed by atoms with Crippen LogP contribution in [0, 0.1) is 0 Å². The van der Waals surface area contributed by atoms with E-state index < -0.39 is 10.0 Å². The summed E-state index contributed by atoms with van der Waals surface area (Å²) in [5, 5.41) is 0. The van der Waals surface area contributed by atoms with E-state index in [1.807, 2.05) is 0 Å². The highest BCUT2D eigenvalue weighted by Gasteiger charge is 2.28. The molecule has 0 aromatic carbocycles. The first-order valence-corrected chi connectivity index (χ1v) is 8.07. The lowest BCUT2D eigenvalue weighted by atomic mass is 10.1. The minimum absolute atomic E-state index is 0.120. The second kappa shape index (κ2) is 4.85. The first-order valence-electron chi connectivity index (χ1n) is 5.10. The quantitative estimate of drug-likeness (QED) is 0.474. The number of hydrogen-bond acceptors (Lipinski definition) is 3. The normalized spacial score (nSPS) is 21.9. The largest absolute Gasteiger partial charge is 0.289 e. The summed E-state index contributed by atoms with van der Waals surface area (Å²) in [5.41, 5.74) is 0. The van der Waals surface area contributed by atoms with Gasteiger partial charge in [-0.15, -0.1) is 0 Å². The SMILES string of the molecule is CC(C)(I)N1CCC(NS(C)(=O)=O)CC1. The van der Waals surface area contributed by atoms with Crippen LogP contribution < -0.4 is 4.72 Å². The van der Waals surface area contributed by atoms with Gasteiger partial charge in [0.2, 0.25) is 10.0 Å². The third-order valence-electron chi connectivity index (χ3n) is 2.63. The van der Waals surface area contributed by atoms with Crippen LogP contribution in [0.4, 0.5) is 0 Å². The molecule has 1 saturated heterocycles. The molecule has 0 radical (unpaired) electrons. The van der Waals surface area contributed by atoms with Crippen molar-refractivity contribution in [2.24, 2.45) is 0 Å². The van der Waals surface area contributed by atoms with Crippen LogP contribution in [0.2, 0.25) is 0 Å². The molecule has 6 heteroatoms. The fourth-order valence-corrected chi connectivity index (χ4v) is 3.16. The number of rotatable bonds is 3. The summed E-state index contributed by atoms with van der Waals surface area (Å²) >= 11 is 2.42. The maximum absolute atomic E-state index is 11.1. The standard InChI is InChI=1S/C9H19IN2O2S/c1-9(2,10)12-6-4-8(5-7-12)11-15(3,13)14/h8,11H,4-7H2,1-3H3. The van der Waals surface area contributed by atoms with E-state index in [4.69, 9.17) is 0 Å². The molecule has 1 aliphatic rings. The number of likely N-dealkylation sites (tertiary alicyclic amines) is 1. The smallest absolute Gasteiger partial charge is 0.208 e. The number of sulfonamides is 1. The predicted molar refractivity (Wildman–Crippen MR) is 70.7 cm³/mol. The van der Waals surface area contributed by atoms with Gasteiger partial charge < -0.3 is 0 Å². The van der Waals surface area contributed by atoms with E-state index in [1.54, 1.807) is 0 Å². The van der Waals surface area contributed by atoms with Gasteiger partial charge in [-0.05, 0) is 26.7 Å². The Morgan fingerprint density at radius 2 is 1.80 bits per heavy atom. The molecule has 1 N–H and O–H groups in total. The van der Waals surface area contributed by atoms with Crippen LogP contribution in [0.1, 0.15) is 26.7 Å². The molecule has 0 aromatic rings.